The van der Waals surface area contributed by atoms with Gasteiger partial charge in [-0.15, -0.1) is 0 Å². The predicted molar refractivity (Wildman–Crippen MR) is 193 cm³/mol. The summed E-state index contributed by atoms with van der Waals surface area (Å²) >= 11 is 0. The summed E-state index contributed by atoms with van der Waals surface area (Å²) in [5.74, 6) is -7.68. The zero-order valence-electron chi connectivity index (χ0n) is 35.5. The van der Waals surface area contributed by atoms with Crippen LogP contribution in [0.4, 0.5) is 0 Å². The van der Waals surface area contributed by atoms with E-state index in [2.05, 4.69) is 5.32 Å². The Bertz CT molecular complexity index is 1620. The number of esters is 8. The van der Waals surface area contributed by atoms with E-state index in [1.807, 2.05) is 0 Å². The molecule has 3 saturated heterocycles. The van der Waals surface area contributed by atoms with Crippen LogP contribution in [-0.4, -0.2) is 166 Å². The summed E-state index contributed by atoms with van der Waals surface area (Å²) in [4.78, 5) is 112. The van der Waals surface area contributed by atoms with Crippen molar-refractivity contribution in [3.05, 3.63) is 0 Å². The molecule has 1 amide bonds. The second-order valence-electron chi connectivity index (χ2n) is 14.0. The van der Waals surface area contributed by atoms with Crippen molar-refractivity contribution in [3.8, 4) is 0 Å². The van der Waals surface area contributed by atoms with Crippen LogP contribution in [0.5, 0.6) is 0 Å². The van der Waals surface area contributed by atoms with Gasteiger partial charge in [-0.3, -0.25) is 43.2 Å². The van der Waals surface area contributed by atoms with Gasteiger partial charge < -0.3 is 71.6 Å². The summed E-state index contributed by atoms with van der Waals surface area (Å²) in [6.07, 6.45) is -22.5. The molecule has 0 aromatic heterocycles. The van der Waals surface area contributed by atoms with E-state index in [-0.39, 0.29) is 0 Å². The molecule has 3 heterocycles. The number of hydrogen-bond donors (Lipinski definition) is 1. The van der Waals surface area contributed by atoms with Crippen molar-refractivity contribution in [2.75, 3.05) is 20.3 Å². The van der Waals surface area contributed by atoms with E-state index in [1.165, 1.54) is 14.0 Å². The quantitative estimate of drug-likeness (QED) is 0.141. The molecule has 344 valence electrons. The van der Waals surface area contributed by atoms with Gasteiger partial charge in [-0.1, -0.05) is 0 Å². The average Bonchev–Trinajstić information content (AvgIpc) is 3.12. The van der Waals surface area contributed by atoms with Crippen molar-refractivity contribution in [2.24, 2.45) is 0 Å². The smallest absolute Gasteiger partial charge is 0.303 e. The third-order valence-corrected chi connectivity index (χ3v) is 8.86. The van der Waals surface area contributed by atoms with Crippen LogP contribution in [0.15, 0.2) is 0 Å². The SMILES string of the molecule is CO[C@@H]1O[C@H](COC(C)=O)[C@@H](OC(C)=O)[C@H](O[C@@H]2O[C@H](COC(C)=O)[C@H](OC(C)=O)[C@H](OC(C)=O)[C@H]2O[C@@H]2O[C@@H](C)[C@@H](OC(C)=O)[C@@H](OC(C)=O)[C@@H]2OC(C)=O)[C@H]1NC(C)=O. The lowest BCUT2D eigenvalue weighted by Crippen LogP contribution is -2.70. The molecule has 0 unspecified atom stereocenters. The second-order valence-corrected chi connectivity index (χ2v) is 14.0. The van der Waals surface area contributed by atoms with Crippen molar-refractivity contribution in [2.45, 2.75) is 161 Å². The summed E-state index contributed by atoms with van der Waals surface area (Å²) < 4.78 is 80.7. The van der Waals surface area contributed by atoms with Crippen molar-refractivity contribution in [1.29, 1.82) is 0 Å². The molecular formula is C37H53NO23. The fraction of sp³-hybridized carbons (Fsp3) is 0.757. The maximum atomic E-state index is 12.9. The Morgan fingerprint density at radius 2 is 0.787 bits per heavy atom. The number of amides is 1. The molecule has 3 aliphatic heterocycles. The zero-order chi connectivity index (χ0) is 45.9. The van der Waals surface area contributed by atoms with E-state index in [0.717, 1.165) is 62.3 Å². The van der Waals surface area contributed by atoms with Crippen molar-refractivity contribution >= 4 is 53.7 Å². The maximum Gasteiger partial charge on any atom is 0.303 e. The van der Waals surface area contributed by atoms with Gasteiger partial charge in [0.1, 0.15) is 37.6 Å². The monoisotopic (exact) mass is 879 g/mol. The molecule has 3 fully saturated rings. The van der Waals surface area contributed by atoms with Crippen LogP contribution < -0.4 is 5.32 Å². The molecule has 61 heavy (non-hydrogen) atoms. The van der Waals surface area contributed by atoms with Crippen LogP contribution in [0.3, 0.4) is 0 Å². The number of methoxy groups -OCH3 is 1. The van der Waals surface area contributed by atoms with Gasteiger partial charge in [0.2, 0.25) is 5.91 Å². The highest BCUT2D eigenvalue weighted by atomic mass is 16.8. The van der Waals surface area contributed by atoms with Gasteiger partial charge in [-0.05, 0) is 6.92 Å². The molecule has 1 N–H and O–H groups in total. The van der Waals surface area contributed by atoms with E-state index in [0.29, 0.717) is 0 Å². The Morgan fingerprint density at radius 1 is 0.426 bits per heavy atom. The molecular weight excluding hydrogens is 826 g/mol. The average molecular weight is 880 g/mol. The summed E-state index contributed by atoms with van der Waals surface area (Å²) in [7, 11) is 1.21. The molecule has 3 rings (SSSR count). The van der Waals surface area contributed by atoms with Gasteiger partial charge in [-0.2, -0.15) is 0 Å². The first kappa shape index (κ1) is 50.3. The lowest BCUT2D eigenvalue weighted by atomic mass is 9.94. The molecule has 0 spiro atoms. The maximum absolute atomic E-state index is 12.9. The first-order chi connectivity index (χ1) is 28.5. The third-order valence-electron chi connectivity index (χ3n) is 8.86. The van der Waals surface area contributed by atoms with Gasteiger partial charge >= 0.3 is 47.8 Å². The van der Waals surface area contributed by atoms with E-state index >= 15 is 0 Å². The first-order valence-electron chi connectivity index (χ1n) is 18.9. The van der Waals surface area contributed by atoms with Crippen LogP contribution in [0.1, 0.15) is 69.2 Å². The molecule has 0 aromatic rings. The van der Waals surface area contributed by atoms with Crippen molar-refractivity contribution in [3.63, 3.8) is 0 Å². The Labute approximate surface area is 349 Å². The zero-order valence-corrected chi connectivity index (χ0v) is 35.5. The number of nitrogens with one attached hydrogen (secondary N) is 1. The van der Waals surface area contributed by atoms with E-state index in [1.54, 1.807) is 0 Å². The Morgan fingerprint density at radius 3 is 1.21 bits per heavy atom. The molecule has 24 heteroatoms. The van der Waals surface area contributed by atoms with Gasteiger partial charge in [0, 0.05) is 69.4 Å². The van der Waals surface area contributed by atoms with Crippen LogP contribution in [0, 0.1) is 0 Å². The van der Waals surface area contributed by atoms with Gasteiger partial charge in [0.25, 0.3) is 0 Å². The molecule has 0 aromatic carbocycles. The van der Waals surface area contributed by atoms with Crippen molar-refractivity contribution < 1.29 is 109 Å². The number of carbonyl (C=O) groups excluding carboxylic acids is 9. The molecule has 15 atom stereocenters. The predicted octanol–water partition coefficient (Wildman–Crippen LogP) is -1.18. The number of ether oxygens (including phenoxy) is 14. The number of hydrogen-bond acceptors (Lipinski definition) is 23. The highest BCUT2D eigenvalue weighted by Crippen LogP contribution is 2.37. The summed E-state index contributed by atoms with van der Waals surface area (Å²) in [6.45, 7) is 9.74. The molecule has 24 nitrogen and oxygen atoms in total. The summed E-state index contributed by atoms with van der Waals surface area (Å²) in [5, 5.41) is 2.61. The largest absolute Gasteiger partial charge is 0.463 e. The third kappa shape index (κ3) is 14.6. The topological polar surface area (TPSA) is 295 Å². The van der Waals surface area contributed by atoms with E-state index in [4.69, 9.17) is 66.3 Å². The Hall–Kier alpha value is -5.01. The molecule has 0 bridgehead atoms. The molecule has 0 saturated carbocycles. The van der Waals surface area contributed by atoms with E-state index < -0.39 is 159 Å². The number of carbonyl (C=O) groups is 9. The minimum atomic E-state index is -1.95. The summed E-state index contributed by atoms with van der Waals surface area (Å²) in [5.41, 5.74) is 0. The summed E-state index contributed by atoms with van der Waals surface area (Å²) in [6, 6.07) is -1.38. The van der Waals surface area contributed by atoms with Crippen molar-refractivity contribution in [1.82, 2.24) is 5.32 Å². The fourth-order valence-corrected chi connectivity index (χ4v) is 6.84. The Balaban J connectivity index is 2.34. The Kier molecular flexibility index (Phi) is 18.8. The van der Waals surface area contributed by atoms with Crippen LogP contribution in [-0.2, 0) is 109 Å². The standard InChI is InChI=1S/C37H53NO23/c1-14-27(52-18(5)42)31(55-21(8)45)33(57-23(10)47)36(51-14)61-34-32(56-22(9)46)29(54-20(7)44)25(13-50-17(4)41)59-37(34)60-30-26(38-15(2)39)35(48-11)58-24(12-49-16(3)40)28(30)53-19(6)43/h14,24-37H,12-13H2,1-11H3,(H,38,39)/t14-,24+,25+,26+,27+,28+,29-,30+,31+,32-,33-,34+,35+,36-,37-/m0/s1. The van der Waals surface area contributed by atoms with Crippen LogP contribution in [0.25, 0.3) is 0 Å². The lowest BCUT2D eigenvalue weighted by molar-refractivity contribution is -0.381. The molecule has 3 aliphatic rings. The van der Waals surface area contributed by atoms with Crippen LogP contribution >= 0.6 is 0 Å². The highest BCUT2D eigenvalue weighted by Gasteiger charge is 2.59. The second kappa shape index (κ2) is 22.7. The van der Waals surface area contributed by atoms with Gasteiger partial charge in [0.15, 0.2) is 61.6 Å². The van der Waals surface area contributed by atoms with Gasteiger partial charge in [-0.25, -0.2) is 0 Å². The minimum absolute atomic E-state index is 0.538. The minimum Gasteiger partial charge on any atom is -0.463 e. The lowest BCUT2D eigenvalue weighted by Gasteiger charge is -2.50. The number of rotatable bonds is 16. The van der Waals surface area contributed by atoms with Gasteiger partial charge in [0.05, 0.1) is 6.10 Å². The van der Waals surface area contributed by atoms with Crippen LogP contribution in [0.2, 0.25) is 0 Å². The molecule has 0 aliphatic carbocycles. The molecule has 0 radical (unpaired) electrons. The normalized spacial score (nSPS) is 33.4. The fourth-order valence-electron chi connectivity index (χ4n) is 6.84. The van der Waals surface area contributed by atoms with E-state index in [9.17, 15) is 43.2 Å². The highest BCUT2D eigenvalue weighted by molar-refractivity contribution is 5.73. The first-order valence-corrected chi connectivity index (χ1v) is 18.9.